The minimum atomic E-state index is -0.947. The summed E-state index contributed by atoms with van der Waals surface area (Å²) >= 11 is 6.32. The Bertz CT molecular complexity index is 1060. The van der Waals surface area contributed by atoms with Crippen molar-refractivity contribution in [2.45, 2.75) is 44.9 Å². The highest BCUT2D eigenvalue weighted by molar-refractivity contribution is 6.32. The van der Waals surface area contributed by atoms with E-state index in [4.69, 9.17) is 21.1 Å². The van der Waals surface area contributed by atoms with Gasteiger partial charge >= 0.3 is 0 Å². The van der Waals surface area contributed by atoms with Gasteiger partial charge in [-0.05, 0) is 49.8 Å². The zero-order valence-electron chi connectivity index (χ0n) is 16.9. The van der Waals surface area contributed by atoms with Gasteiger partial charge in [-0.2, -0.15) is 0 Å². The van der Waals surface area contributed by atoms with Crippen LogP contribution in [0.25, 0.3) is 12.2 Å². The van der Waals surface area contributed by atoms with Crippen molar-refractivity contribution in [2.75, 3.05) is 6.79 Å². The summed E-state index contributed by atoms with van der Waals surface area (Å²) < 4.78 is 10.8. The monoisotopic (exact) mass is 426 g/mol. The smallest absolute Gasteiger partial charge is 0.260 e. The van der Waals surface area contributed by atoms with Crippen molar-refractivity contribution < 1.29 is 19.4 Å². The Labute approximate surface area is 180 Å². The minimum Gasteiger partial charge on any atom is -0.451 e. The van der Waals surface area contributed by atoms with Gasteiger partial charge in [-0.1, -0.05) is 35.9 Å². The van der Waals surface area contributed by atoms with E-state index in [0.29, 0.717) is 40.2 Å². The number of ether oxygens (including phenoxy) is 2. The standard InChI is InChI=1S/C23H23ClN2O4/c1-23(2,28)20(14-6-7-14)26-11-15-5-3-4-13(18(15)22(26)27)8-9-16-17(24)10-25-21-19(16)29-12-30-21/h3-5,8-10,14,20,28H,6-7,11-12H2,1-2H3. The van der Waals surface area contributed by atoms with Crippen LogP contribution >= 0.6 is 11.6 Å². The SMILES string of the molecule is CC(C)(O)C(C1CC1)N1Cc2cccc(C=Cc3c(Cl)cnc4c3OCO4)c2C1=O. The second kappa shape index (κ2) is 7.00. The van der Waals surface area contributed by atoms with E-state index in [1.54, 1.807) is 13.8 Å². The molecule has 7 heteroatoms. The van der Waals surface area contributed by atoms with Gasteiger partial charge in [-0.25, -0.2) is 4.98 Å². The fraction of sp³-hybridized carbons (Fsp3) is 0.391. The summed E-state index contributed by atoms with van der Waals surface area (Å²) in [7, 11) is 0. The van der Waals surface area contributed by atoms with Crippen LogP contribution in [0, 0.1) is 5.92 Å². The van der Waals surface area contributed by atoms with Crippen LogP contribution in [-0.2, 0) is 6.54 Å². The number of hydrogen-bond acceptors (Lipinski definition) is 5. The van der Waals surface area contributed by atoms with E-state index in [1.165, 1.54) is 6.20 Å². The molecule has 1 aromatic heterocycles. The van der Waals surface area contributed by atoms with E-state index in [9.17, 15) is 9.90 Å². The van der Waals surface area contributed by atoms with Gasteiger partial charge in [-0.3, -0.25) is 4.79 Å². The third-order valence-electron chi connectivity index (χ3n) is 5.95. The van der Waals surface area contributed by atoms with E-state index in [-0.39, 0.29) is 18.7 Å². The Morgan fingerprint density at radius 1 is 1.30 bits per heavy atom. The molecule has 0 saturated heterocycles. The van der Waals surface area contributed by atoms with Gasteiger partial charge in [0.25, 0.3) is 11.8 Å². The van der Waals surface area contributed by atoms with Crippen LogP contribution in [0.4, 0.5) is 0 Å². The first-order chi connectivity index (χ1) is 14.3. The molecule has 0 radical (unpaired) electrons. The molecule has 0 bridgehead atoms. The van der Waals surface area contributed by atoms with E-state index in [1.807, 2.05) is 35.3 Å². The Balaban J connectivity index is 1.49. The molecule has 2 aromatic rings. The molecular weight excluding hydrogens is 404 g/mol. The lowest BCUT2D eigenvalue weighted by Gasteiger charge is -2.37. The molecule has 5 rings (SSSR count). The highest BCUT2D eigenvalue weighted by Crippen LogP contribution is 2.44. The summed E-state index contributed by atoms with van der Waals surface area (Å²) in [6, 6.07) is 5.66. The van der Waals surface area contributed by atoms with Gasteiger partial charge in [0.05, 0.1) is 28.4 Å². The summed E-state index contributed by atoms with van der Waals surface area (Å²) in [5, 5.41) is 11.2. The van der Waals surface area contributed by atoms with E-state index >= 15 is 0 Å². The molecular formula is C23H23ClN2O4. The molecule has 30 heavy (non-hydrogen) atoms. The van der Waals surface area contributed by atoms with Crippen LogP contribution in [0.15, 0.2) is 24.4 Å². The van der Waals surface area contributed by atoms with Crippen LogP contribution < -0.4 is 9.47 Å². The number of rotatable bonds is 5. The van der Waals surface area contributed by atoms with Crippen molar-refractivity contribution in [1.29, 1.82) is 0 Å². The number of halogens is 1. The van der Waals surface area contributed by atoms with Gasteiger partial charge in [0, 0.05) is 12.1 Å². The van der Waals surface area contributed by atoms with Gasteiger partial charge in [0.15, 0.2) is 5.75 Å². The largest absolute Gasteiger partial charge is 0.451 e. The lowest BCUT2D eigenvalue weighted by Crippen LogP contribution is -2.51. The van der Waals surface area contributed by atoms with Crippen LogP contribution in [-0.4, -0.2) is 39.3 Å². The summed E-state index contributed by atoms with van der Waals surface area (Å²) in [5.74, 6) is 1.25. The molecule has 6 nitrogen and oxygen atoms in total. The Kier molecular flexibility index (Phi) is 4.52. The number of fused-ring (bicyclic) bond motifs is 2. The maximum absolute atomic E-state index is 13.4. The lowest BCUT2D eigenvalue weighted by molar-refractivity contribution is -0.0224. The average Bonchev–Trinajstić information content (AvgIpc) is 3.29. The molecule has 1 atom stereocenters. The number of benzene rings is 1. The molecule has 1 saturated carbocycles. The first-order valence-electron chi connectivity index (χ1n) is 10.1. The number of pyridine rings is 1. The molecule has 1 amide bonds. The fourth-order valence-corrected chi connectivity index (χ4v) is 4.78. The van der Waals surface area contributed by atoms with Crippen LogP contribution in [0.2, 0.25) is 5.02 Å². The Hall–Kier alpha value is -2.57. The Morgan fingerprint density at radius 3 is 2.83 bits per heavy atom. The quantitative estimate of drug-likeness (QED) is 0.778. The van der Waals surface area contributed by atoms with Crippen LogP contribution in [0.3, 0.4) is 0 Å². The zero-order valence-corrected chi connectivity index (χ0v) is 17.6. The van der Waals surface area contributed by atoms with Gasteiger partial charge < -0.3 is 19.5 Å². The van der Waals surface area contributed by atoms with Gasteiger partial charge in [-0.15, -0.1) is 0 Å². The second-order valence-corrected chi connectivity index (χ2v) is 9.05. The van der Waals surface area contributed by atoms with Crippen molar-refractivity contribution in [2.24, 2.45) is 5.92 Å². The third-order valence-corrected chi connectivity index (χ3v) is 6.25. The molecule has 0 spiro atoms. The molecule has 3 aliphatic rings. The number of carbonyl (C=O) groups is 1. The molecule has 1 aromatic carbocycles. The molecule has 1 unspecified atom stereocenters. The van der Waals surface area contributed by atoms with Gasteiger partial charge in [0.1, 0.15) is 0 Å². The van der Waals surface area contributed by atoms with Crippen molar-refractivity contribution >= 4 is 29.7 Å². The fourth-order valence-electron chi connectivity index (χ4n) is 4.58. The van der Waals surface area contributed by atoms with E-state index < -0.39 is 5.60 Å². The normalized spacial score (nSPS) is 18.9. The Morgan fingerprint density at radius 2 is 2.10 bits per heavy atom. The number of hydrogen-bond donors (Lipinski definition) is 1. The van der Waals surface area contributed by atoms with Crippen molar-refractivity contribution in [3.8, 4) is 11.6 Å². The number of amides is 1. The maximum atomic E-state index is 13.4. The molecule has 1 fully saturated rings. The molecule has 156 valence electrons. The summed E-state index contributed by atoms with van der Waals surface area (Å²) in [6.07, 6.45) is 7.34. The predicted octanol–water partition coefficient (Wildman–Crippen LogP) is 4.14. The van der Waals surface area contributed by atoms with Gasteiger partial charge in [0.2, 0.25) is 6.79 Å². The van der Waals surface area contributed by atoms with E-state index in [2.05, 4.69) is 4.98 Å². The highest BCUT2D eigenvalue weighted by atomic mass is 35.5. The topological polar surface area (TPSA) is 71.9 Å². The number of nitrogens with zero attached hydrogens (tertiary/aromatic N) is 2. The zero-order chi connectivity index (χ0) is 21.0. The average molecular weight is 427 g/mol. The van der Waals surface area contributed by atoms with Crippen molar-refractivity contribution in [3.63, 3.8) is 0 Å². The maximum Gasteiger partial charge on any atom is 0.260 e. The molecule has 3 heterocycles. The molecule has 1 aliphatic carbocycles. The van der Waals surface area contributed by atoms with Crippen molar-refractivity contribution in [1.82, 2.24) is 9.88 Å². The first-order valence-corrected chi connectivity index (χ1v) is 10.5. The van der Waals surface area contributed by atoms with Crippen LogP contribution in [0.5, 0.6) is 11.6 Å². The number of carbonyl (C=O) groups excluding carboxylic acids is 1. The second-order valence-electron chi connectivity index (χ2n) is 8.64. The summed E-state index contributed by atoms with van der Waals surface area (Å²) in [4.78, 5) is 19.4. The molecule has 1 N–H and O–H groups in total. The minimum absolute atomic E-state index is 0.0325. The summed E-state index contributed by atoms with van der Waals surface area (Å²) in [6.45, 7) is 4.21. The third kappa shape index (κ3) is 3.24. The highest BCUT2D eigenvalue weighted by Gasteiger charge is 2.48. The van der Waals surface area contributed by atoms with Crippen molar-refractivity contribution in [3.05, 3.63) is 51.7 Å². The number of aliphatic hydroxyl groups is 1. The molecule has 2 aliphatic heterocycles. The predicted molar refractivity (Wildman–Crippen MR) is 113 cm³/mol. The lowest BCUT2D eigenvalue weighted by atomic mass is 9.93. The van der Waals surface area contributed by atoms with Crippen LogP contribution in [0.1, 0.15) is 53.7 Å². The van der Waals surface area contributed by atoms with E-state index in [0.717, 1.165) is 24.0 Å². The summed E-state index contributed by atoms with van der Waals surface area (Å²) in [5.41, 5.74) is 2.19. The number of aromatic nitrogens is 1. The first kappa shape index (κ1) is 19.4.